The van der Waals surface area contributed by atoms with Gasteiger partial charge in [0.05, 0.1) is 12.2 Å². The van der Waals surface area contributed by atoms with Crippen molar-refractivity contribution in [1.82, 2.24) is 5.16 Å². The summed E-state index contributed by atoms with van der Waals surface area (Å²) in [6, 6.07) is 10.9. The second-order valence-corrected chi connectivity index (χ2v) is 4.71. The van der Waals surface area contributed by atoms with Gasteiger partial charge in [0.15, 0.2) is 16.8 Å². The number of furan rings is 1. The van der Waals surface area contributed by atoms with E-state index in [9.17, 15) is 0 Å². The number of halogens is 1. The van der Waals surface area contributed by atoms with E-state index in [0.717, 1.165) is 11.3 Å². The zero-order valence-electron chi connectivity index (χ0n) is 11.3. The molecule has 108 valence electrons. The van der Waals surface area contributed by atoms with E-state index in [2.05, 4.69) is 5.16 Å². The van der Waals surface area contributed by atoms with Crippen LogP contribution < -0.4 is 10.5 Å². The van der Waals surface area contributed by atoms with Crippen LogP contribution in [-0.2, 0) is 0 Å². The first-order valence-corrected chi connectivity index (χ1v) is 6.81. The summed E-state index contributed by atoms with van der Waals surface area (Å²) in [6.07, 6.45) is 0. The molecule has 0 aliphatic rings. The molecule has 2 aromatic heterocycles. The van der Waals surface area contributed by atoms with Crippen LogP contribution >= 0.6 is 11.6 Å². The lowest BCUT2D eigenvalue weighted by atomic mass is 10.0. The van der Waals surface area contributed by atoms with Crippen LogP contribution in [-0.4, -0.2) is 11.8 Å². The minimum Gasteiger partial charge on any atom is -0.494 e. The number of nitrogen functional groups attached to an aromatic ring is 1. The Hall–Kier alpha value is -2.40. The first-order chi connectivity index (χ1) is 10.2. The van der Waals surface area contributed by atoms with Crippen LogP contribution in [0.3, 0.4) is 0 Å². The fourth-order valence-electron chi connectivity index (χ4n) is 2.07. The van der Waals surface area contributed by atoms with Crippen molar-refractivity contribution in [2.45, 2.75) is 6.92 Å². The van der Waals surface area contributed by atoms with Gasteiger partial charge in [-0.1, -0.05) is 17.3 Å². The zero-order chi connectivity index (χ0) is 14.8. The number of anilines is 1. The molecule has 21 heavy (non-hydrogen) atoms. The Morgan fingerprint density at radius 1 is 1.19 bits per heavy atom. The molecule has 6 heteroatoms. The molecule has 0 bridgehead atoms. The molecule has 0 aliphatic heterocycles. The van der Waals surface area contributed by atoms with Crippen LogP contribution in [0.25, 0.3) is 22.6 Å². The van der Waals surface area contributed by atoms with Crippen LogP contribution in [0.2, 0.25) is 5.22 Å². The Bertz CT molecular complexity index is 747. The third-order valence-corrected chi connectivity index (χ3v) is 3.17. The molecular formula is C15H13ClN2O3. The Morgan fingerprint density at radius 3 is 2.57 bits per heavy atom. The van der Waals surface area contributed by atoms with E-state index in [1.807, 2.05) is 31.2 Å². The van der Waals surface area contributed by atoms with Gasteiger partial charge in [0.25, 0.3) is 0 Å². The maximum Gasteiger partial charge on any atom is 0.212 e. The summed E-state index contributed by atoms with van der Waals surface area (Å²) in [4.78, 5) is 0. The summed E-state index contributed by atoms with van der Waals surface area (Å²) < 4.78 is 16.0. The van der Waals surface area contributed by atoms with Gasteiger partial charge in [-0.2, -0.15) is 0 Å². The van der Waals surface area contributed by atoms with Gasteiger partial charge in [-0.05, 0) is 48.4 Å². The molecule has 0 saturated carbocycles. The van der Waals surface area contributed by atoms with Crippen molar-refractivity contribution in [3.05, 3.63) is 41.6 Å². The van der Waals surface area contributed by atoms with Crippen LogP contribution in [0.4, 0.5) is 5.82 Å². The lowest BCUT2D eigenvalue weighted by molar-refractivity contribution is 0.340. The molecular weight excluding hydrogens is 292 g/mol. The van der Waals surface area contributed by atoms with Crippen LogP contribution in [0.5, 0.6) is 5.75 Å². The smallest absolute Gasteiger partial charge is 0.212 e. The topological polar surface area (TPSA) is 74.4 Å². The van der Waals surface area contributed by atoms with Crippen molar-refractivity contribution in [2.24, 2.45) is 0 Å². The Morgan fingerprint density at radius 2 is 1.95 bits per heavy atom. The highest BCUT2D eigenvalue weighted by Gasteiger charge is 2.20. The molecule has 0 spiro atoms. The Balaban J connectivity index is 2.04. The largest absolute Gasteiger partial charge is 0.494 e. The number of rotatable bonds is 4. The summed E-state index contributed by atoms with van der Waals surface area (Å²) in [6.45, 7) is 2.55. The van der Waals surface area contributed by atoms with Crippen molar-refractivity contribution in [1.29, 1.82) is 0 Å². The number of nitrogens with two attached hydrogens (primary N) is 1. The molecule has 0 amide bonds. The van der Waals surface area contributed by atoms with Gasteiger partial charge in [-0.3, -0.25) is 0 Å². The molecule has 0 unspecified atom stereocenters. The number of nitrogens with zero attached hydrogens (tertiary/aromatic N) is 1. The molecule has 0 atom stereocenters. The van der Waals surface area contributed by atoms with Crippen molar-refractivity contribution in [2.75, 3.05) is 12.3 Å². The SMILES string of the molecule is CCOc1ccc(-c2c(N)noc2-c2ccc(Cl)o2)cc1. The summed E-state index contributed by atoms with van der Waals surface area (Å²) >= 11 is 5.79. The van der Waals surface area contributed by atoms with Crippen molar-refractivity contribution in [3.8, 4) is 28.4 Å². The van der Waals surface area contributed by atoms with Crippen molar-refractivity contribution < 1.29 is 13.7 Å². The second-order valence-electron chi connectivity index (χ2n) is 4.33. The van der Waals surface area contributed by atoms with Crippen LogP contribution in [0.15, 0.2) is 45.3 Å². The maximum atomic E-state index is 5.90. The summed E-state index contributed by atoms with van der Waals surface area (Å²) in [5.41, 5.74) is 7.43. The predicted octanol–water partition coefficient (Wildman–Crippen LogP) is 4.24. The van der Waals surface area contributed by atoms with E-state index in [-0.39, 0.29) is 5.22 Å². The minimum atomic E-state index is 0.276. The van der Waals surface area contributed by atoms with Gasteiger partial charge in [0, 0.05) is 0 Å². The number of hydrogen-bond donors (Lipinski definition) is 1. The molecule has 0 radical (unpaired) electrons. The van der Waals surface area contributed by atoms with E-state index in [1.165, 1.54) is 0 Å². The molecule has 3 aromatic rings. The lowest BCUT2D eigenvalue weighted by Gasteiger charge is -2.05. The molecule has 5 nitrogen and oxygen atoms in total. The summed E-state index contributed by atoms with van der Waals surface area (Å²) in [7, 11) is 0. The monoisotopic (exact) mass is 304 g/mol. The van der Waals surface area contributed by atoms with Gasteiger partial charge in [-0.25, -0.2) is 0 Å². The average Bonchev–Trinajstić information content (AvgIpc) is 3.06. The Labute approximate surface area is 126 Å². The van der Waals surface area contributed by atoms with Gasteiger partial charge >= 0.3 is 0 Å². The fraction of sp³-hybridized carbons (Fsp3) is 0.133. The third kappa shape index (κ3) is 2.60. The molecule has 0 fully saturated rings. The first kappa shape index (κ1) is 13.6. The number of benzene rings is 1. The first-order valence-electron chi connectivity index (χ1n) is 6.43. The molecule has 1 aromatic carbocycles. The van der Waals surface area contributed by atoms with Gasteiger partial charge in [0.2, 0.25) is 5.76 Å². The summed E-state index contributed by atoms with van der Waals surface area (Å²) in [5, 5.41) is 4.08. The molecule has 0 aliphatic carbocycles. The zero-order valence-corrected chi connectivity index (χ0v) is 12.1. The highest BCUT2D eigenvalue weighted by molar-refractivity contribution is 6.29. The van der Waals surface area contributed by atoms with E-state index in [0.29, 0.717) is 29.5 Å². The quantitative estimate of drug-likeness (QED) is 0.780. The van der Waals surface area contributed by atoms with E-state index < -0.39 is 0 Å². The normalized spacial score (nSPS) is 10.8. The predicted molar refractivity (Wildman–Crippen MR) is 80.2 cm³/mol. The third-order valence-electron chi connectivity index (χ3n) is 2.97. The van der Waals surface area contributed by atoms with E-state index >= 15 is 0 Å². The van der Waals surface area contributed by atoms with E-state index in [1.54, 1.807) is 12.1 Å². The van der Waals surface area contributed by atoms with Gasteiger partial charge in [-0.15, -0.1) is 0 Å². The summed E-state index contributed by atoms with van der Waals surface area (Å²) in [5.74, 6) is 2.01. The molecule has 3 rings (SSSR count). The minimum absolute atomic E-state index is 0.276. The second kappa shape index (κ2) is 5.54. The van der Waals surface area contributed by atoms with E-state index in [4.69, 9.17) is 31.0 Å². The lowest BCUT2D eigenvalue weighted by Crippen LogP contribution is -1.92. The van der Waals surface area contributed by atoms with Gasteiger partial charge in [0.1, 0.15) is 5.75 Å². The highest BCUT2D eigenvalue weighted by Crippen LogP contribution is 2.38. The van der Waals surface area contributed by atoms with Crippen molar-refractivity contribution in [3.63, 3.8) is 0 Å². The van der Waals surface area contributed by atoms with Crippen LogP contribution in [0, 0.1) is 0 Å². The number of hydrogen-bond acceptors (Lipinski definition) is 5. The standard InChI is InChI=1S/C15H13ClN2O3/c1-2-19-10-5-3-9(4-6-10)13-14(21-18-15(13)17)11-7-8-12(16)20-11/h3-8H,2H2,1H3,(H2,17,18). The number of ether oxygens (including phenoxy) is 1. The van der Waals surface area contributed by atoms with Gasteiger partial charge < -0.3 is 19.4 Å². The molecule has 2 N–H and O–H groups in total. The fourth-order valence-corrected chi connectivity index (χ4v) is 2.22. The molecule has 0 saturated heterocycles. The average molecular weight is 305 g/mol. The van der Waals surface area contributed by atoms with Crippen LogP contribution in [0.1, 0.15) is 6.92 Å². The Kier molecular flexibility index (Phi) is 3.58. The molecule has 2 heterocycles. The number of aromatic nitrogens is 1. The van der Waals surface area contributed by atoms with Crippen molar-refractivity contribution >= 4 is 17.4 Å². The highest BCUT2D eigenvalue weighted by atomic mass is 35.5. The maximum absolute atomic E-state index is 5.90.